The van der Waals surface area contributed by atoms with Gasteiger partial charge in [-0.05, 0) is 0 Å². The van der Waals surface area contributed by atoms with Crippen LogP contribution in [0.3, 0.4) is 0 Å². The molecule has 0 aromatic carbocycles. The highest BCUT2D eigenvalue weighted by Gasteiger charge is 2.10. The van der Waals surface area contributed by atoms with Crippen LogP contribution in [-0.4, -0.2) is 23.0 Å². The number of carbonyl (C=O) groups excluding carboxylic acids is 1. The van der Waals surface area contributed by atoms with E-state index in [0.29, 0.717) is 5.01 Å². The number of guanidine groups is 2. The molecule has 0 saturated heterocycles. The van der Waals surface area contributed by atoms with Crippen molar-refractivity contribution in [3.8, 4) is 0 Å². The van der Waals surface area contributed by atoms with Crippen LogP contribution in [0.15, 0.2) is 0 Å². The molecule has 0 bridgehead atoms. The van der Waals surface area contributed by atoms with Gasteiger partial charge >= 0.3 is 6.03 Å². The Hall–Kier alpha value is -1.99. The molecule has 0 aliphatic heterocycles. The van der Waals surface area contributed by atoms with E-state index in [1.165, 1.54) is 0 Å². The summed E-state index contributed by atoms with van der Waals surface area (Å²) in [5, 5.41) is 14.1. The summed E-state index contributed by atoms with van der Waals surface area (Å²) in [7, 11) is 0. The third-order valence-electron chi connectivity index (χ3n) is 0.704. The molecule has 0 saturated carbocycles. The number of amides is 2. The Morgan fingerprint density at radius 3 is 1.64 bits per heavy atom. The second-order valence-electron chi connectivity index (χ2n) is 1.58. The zero-order valence-corrected chi connectivity index (χ0v) is 5.59. The van der Waals surface area contributed by atoms with Gasteiger partial charge in [0.05, 0.1) is 0 Å². The van der Waals surface area contributed by atoms with Crippen molar-refractivity contribution in [2.45, 2.75) is 0 Å². The molecule has 0 aliphatic carbocycles. The minimum Gasteiger partial charge on any atom is -0.368 e. The first-order valence-corrected chi connectivity index (χ1v) is 2.49. The number of nitrogens with two attached hydrogens (primary N) is 3. The van der Waals surface area contributed by atoms with Crippen LogP contribution < -0.4 is 22.6 Å². The van der Waals surface area contributed by atoms with E-state index in [9.17, 15) is 4.79 Å². The Bertz CT molecular complexity index is 184. The van der Waals surface area contributed by atoms with Crippen LogP contribution in [-0.2, 0) is 0 Å². The van der Waals surface area contributed by atoms with E-state index in [-0.39, 0.29) is 0 Å². The number of rotatable bonds is 0. The number of urea groups is 1. The molecule has 0 atom stereocenters. The van der Waals surface area contributed by atoms with Gasteiger partial charge in [-0.2, -0.15) is 5.01 Å². The standard InChI is InChI=1S/C3H9N7O/c4-1(5)10(2(6)7)9-3(8)11/h(H3,4,5)(H3,6,7)(H3,8,9,11). The maximum Gasteiger partial charge on any atom is 0.331 e. The molecule has 8 nitrogen and oxygen atoms in total. The zero-order valence-electron chi connectivity index (χ0n) is 5.59. The van der Waals surface area contributed by atoms with Crippen LogP contribution >= 0.6 is 0 Å². The van der Waals surface area contributed by atoms with Crippen molar-refractivity contribution in [3.05, 3.63) is 0 Å². The molecule has 8 heteroatoms. The first kappa shape index (κ1) is 9.01. The molecule has 0 aliphatic rings. The summed E-state index contributed by atoms with van der Waals surface area (Å²) in [6, 6.07) is -0.949. The lowest BCUT2D eigenvalue weighted by atomic mass is 10.8. The number of hydrogen-bond acceptors (Lipinski definition) is 3. The fourth-order valence-corrected chi connectivity index (χ4v) is 0.360. The highest BCUT2D eigenvalue weighted by molar-refractivity contribution is 5.95. The maximum absolute atomic E-state index is 10.2. The van der Waals surface area contributed by atoms with Crippen molar-refractivity contribution in [3.63, 3.8) is 0 Å². The van der Waals surface area contributed by atoms with Crippen LogP contribution in [0.25, 0.3) is 0 Å². The van der Waals surface area contributed by atoms with Gasteiger partial charge in [0.2, 0.25) is 11.9 Å². The quantitative estimate of drug-likeness (QED) is 0.133. The largest absolute Gasteiger partial charge is 0.368 e. The van der Waals surface area contributed by atoms with E-state index >= 15 is 0 Å². The van der Waals surface area contributed by atoms with Gasteiger partial charge < -0.3 is 17.2 Å². The van der Waals surface area contributed by atoms with Crippen molar-refractivity contribution < 1.29 is 4.79 Å². The van der Waals surface area contributed by atoms with Gasteiger partial charge in [0.1, 0.15) is 0 Å². The van der Waals surface area contributed by atoms with E-state index in [4.69, 9.17) is 22.3 Å². The van der Waals surface area contributed by atoms with Crippen LogP contribution in [0.2, 0.25) is 0 Å². The minimum absolute atomic E-state index is 0.530. The van der Waals surface area contributed by atoms with E-state index in [1.54, 1.807) is 0 Å². The molecule has 0 rings (SSSR count). The highest BCUT2D eigenvalue weighted by Crippen LogP contribution is 1.75. The first-order chi connectivity index (χ1) is 4.95. The molecular formula is C3H9N7O. The average Bonchev–Trinajstić information content (AvgIpc) is 1.81. The predicted molar refractivity (Wildman–Crippen MR) is 38.4 cm³/mol. The number of primary amides is 1. The van der Waals surface area contributed by atoms with Crippen molar-refractivity contribution in [2.24, 2.45) is 17.2 Å². The summed E-state index contributed by atoms with van der Waals surface area (Å²) in [6.45, 7) is 0. The third kappa shape index (κ3) is 2.89. The molecule has 0 spiro atoms. The zero-order chi connectivity index (χ0) is 9.02. The van der Waals surface area contributed by atoms with Gasteiger partial charge in [0.15, 0.2) is 0 Å². The normalized spacial score (nSPS) is 8.36. The highest BCUT2D eigenvalue weighted by atomic mass is 16.2. The Morgan fingerprint density at radius 2 is 1.55 bits per heavy atom. The molecule has 0 heterocycles. The second-order valence-corrected chi connectivity index (χ2v) is 1.58. The van der Waals surface area contributed by atoms with Gasteiger partial charge in [-0.15, -0.1) is 0 Å². The first-order valence-electron chi connectivity index (χ1n) is 2.49. The number of carbonyl (C=O) groups is 1. The van der Waals surface area contributed by atoms with E-state index in [2.05, 4.69) is 5.73 Å². The molecule has 0 radical (unpaired) electrons. The monoisotopic (exact) mass is 159 g/mol. The lowest BCUT2D eigenvalue weighted by Crippen LogP contribution is -2.56. The number of hydrazine groups is 1. The molecule has 62 valence electrons. The SMILES string of the molecule is N=C(N)N(NC(N)=O)C(=N)N. The van der Waals surface area contributed by atoms with Gasteiger partial charge in [0, 0.05) is 0 Å². The molecule has 9 N–H and O–H groups in total. The Balaban J connectivity index is 4.23. The topological polar surface area (TPSA) is 158 Å². The summed E-state index contributed by atoms with van der Waals surface area (Å²) in [5.74, 6) is -1.17. The fraction of sp³-hybridized carbons (Fsp3) is 0. The fourth-order valence-electron chi connectivity index (χ4n) is 0.360. The van der Waals surface area contributed by atoms with Gasteiger partial charge in [0.25, 0.3) is 0 Å². The van der Waals surface area contributed by atoms with Crippen LogP contribution in [0.5, 0.6) is 0 Å². The van der Waals surface area contributed by atoms with Crippen molar-refractivity contribution in [1.82, 2.24) is 10.4 Å². The lowest BCUT2D eigenvalue weighted by Gasteiger charge is -2.18. The third-order valence-corrected chi connectivity index (χ3v) is 0.704. The summed E-state index contributed by atoms with van der Waals surface area (Å²) < 4.78 is 0. The molecule has 0 unspecified atom stereocenters. The number of nitrogens with one attached hydrogen (secondary N) is 3. The van der Waals surface area contributed by atoms with E-state index in [1.807, 2.05) is 5.43 Å². The van der Waals surface area contributed by atoms with Crippen LogP contribution in [0.4, 0.5) is 4.79 Å². The van der Waals surface area contributed by atoms with Crippen molar-refractivity contribution in [1.29, 1.82) is 10.8 Å². The minimum atomic E-state index is -0.949. The lowest BCUT2D eigenvalue weighted by molar-refractivity contribution is 0.238. The molecule has 11 heavy (non-hydrogen) atoms. The summed E-state index contributed by atoms with van der Waals surface area (Å²) in [6.07, 6.45) is 0. The number of hydrogen-bond donors (Lipinski definition) is 6. The predicted octanol–water partition coefficient (Wildman–Crippen LogP) is -2.34. The second kappa shape index (κ2) is 3.25. The molecule has 2 amide bonds. The Labute approximate surface area is 62.3 Å². The Kier molecular flexibility index (Phi) is 2.66. The summed E-state index contributed by atoms with van der Waals surface area (Å²) in [4.78, 5) is 10.2. The summed E-state index contributed by atoms with van der Waals surface area (Å²) in [5.41, 5.74) is 16.3. The van der Waals surface area contributed by atoms with E-state index < -0.39 is 18.0 Å². The van der Waals surface area contributed by atoms with Crippen LogP contribution in [0, 0.1) is 10.8 Å². The molecule has 0 fully saturated rings. The smallest absolute Gasteiger partial charge is 0.331 e. The van der Waals surface area contributed by atoms with Gasteiger partial charge in [-0.3, -0.25) is 10.8 Å². The van der Waals surface area contributed by atoms with Gasteiger partial charge in [-0.25, -0.2) is 10.2 Å². The summed E-state index contributed by atoms with van der Waals surface area (Å²) >= 11 is 0. The maximum atomic E-state index is 10.2. The van der Waals surface area contributed by atoms with E-state index in [0.717, 1.165) is 0 Å². The molecular weight excluding hydrogens is 150 g/mol. The van der Waals surface area contributed by atoms with Crippen molar-refractivity contribution in [2.75, 3.05) is 0 Å². The average molecular weight is 159 g/mol. The molecule has 0 aromatic heterocycles. The number of nitrogens with zero attached hydrogens (tertiary/aromatic N) is 1. The van der Waals surface area contributed by atoms with Crippen molar-refractivity contribution >= 4 is 18.0 Å². The van der Waals surface area contributed by atoms with Gasteiger partial charge in [-0.1, -0.05) is 0 Å². The molecule has 0 aromatic rings. The van der Waals surface area contributed by atoms with Crippen LogP contribution in [0.1, 0.15) is 0 Å². The Morgan fingerprint density at radius 1 is 1.18 bits per heavy atom.